The van der Waals surface area contributed by atoms with Gasteiger partial charge in [-0.2, -0.15) is 5.48 Å². The molecule has 1 aliphatic rings. The molecule has 0 spiro atoms. The zero-order chi connectivity index (χ0) is 5.98. The Kier molecular flexibility index (Phi) is 1.83. The SMILES string of the molecule is CC(C)C1OCNO1. The summed E-state index contributed by atoms with van der Waals surface area (Å²) >= 11 is 0. The van der Waals surface area contributed by atoms with Crippen molar-refractivity contribution in [2.24, 2.45) is 5.92 Å². The van der Waals surface area contributed by atoms with Gasteiger partial charge in [0.2, 0.25) is 0 Å². The minimum Gasteiger partial charge on any atom is -0.333 e. The van der Waals surface area contributed by atoms with Crippen molar-refractivity contribution in [3.63, 3.8) is 0 Å². The highest BCUT2D eigenvalue weighted by atomic mass is 16.8. The number of nitrogens with one attached hydrogen (secondary N) is 1. The molecule has 1 heterocycles. The topological polar surface area (TPSA) is 30.5 Å². The van der Waals surface area contributed by atoms with Gasteiger partial charge in [-0.25, -0.2) is 0 Å². The van der Waals surface area contributed by atoms with Gasteiger partial charge in [0, 0.05) is 5.92 Å². The first-order valence-corrected chi connectivity index (χ1v) is 2.81. The Labute approximate surface area is 48.9 Å². The van der Waals surface area contributed by atoms with Crippen LogP contribution < -0.4 is 5.48 Å². The van der Waals surface area contributed by atoms with Gasteiger partial charge in [-0.15, -0.1) is 0 Å². The van der Waals surface area contributed by atoms with Crippen LogP contribution in [0.25, 0.3) is 0 Å². The summed E-state index contributed by atoms with van der Waals surface area (Å²) < 4.78 is 5.08. The third-order valence-corrected chi connectivity index (χ3v) is 1.05. The van der Waals surface area contributed by atoms with Gasteiger partial charge in [-0.05, 0) is 0 Å². The molecule has 0 bridgehead atoms. The van der Waals surface area contributed by atoms with Crippen LogP contribution in [0, 0.1) is 5.92 Å². The highest BCUT2D eigenvalue weighted by Crippen LogP contribution is 2.09. The average Bonchev–Trinajstić information content (AvgIpc) is 2.12. The molecule has 0 aliphatic carbocycles. The van der Waals surface area contributed by atoms with Crippen molar-refractivity contribution in [3.05, 3.63) is 0 Å². The minimum absolute atomic E-state index is 0.0463. The lowest BCUT2D eigenvalue weighted by molar-refractivity contribution is -0.0922. The molecule has 0 aromatic heterocycles. The van der Waals surface area contributed by atoms with Gasteiger partial charge in [0.1, 0.15) is 6.73 Å². The first kappa shape index (κ1) is 6.01. The van der Waals surface area contributed by atoms with Crippen molar-refractivity contribution in [1.29, 1.82) is 0 Å². The van der Waals surface area contributed by atoms with E-state index < -0.39 is 0 Å². The number of hydroxylamine groups is 1. The number of rotatable bonds is 1. The summed E-state index contributed by atoms with van der Waals surface area (Å²) in [6.45, 7) is 4.62. The lowest BCUT2D eigenvalue weighted by Gasteiger charge is -2.09. The van der Waals surface area contributed by atoms with E-state index in [2.05, 4.69) is 19.3 Å². The van der Waals surface area contributed by atoms with Crippen LogP contribution in [-0.4, -0.2) is 13.0 Å². The normalized spacial score (nSPS) is 29.6. The van der Waals surface area contributed by atoms with Crippen molar-refractivity contribution in [3.8, 4) is 0 Å². The van der Waals surface area contributed by atoms with Gasteiger partial charge >= 0.3 is 0 Å². The van der Waals surface area contributed by atoms with Gasteiger partial charge in [0.05, 0.1) is 0 Å². The zero-order valence-corrected chi connectivity index (χ0v) is 5.18. The molecule has 0 aromatic rings. The third kappa shape index (κ3) is 1.18. The molecule has 3 heteroatoms. The molecule has 0 aromatic carbocycles. The molecule has 0 amide bonds. The van der Waals surface area contributed by atoms with Gasteiger partial charge in [0.25, 0.3) is 0 Å². The summed E-state index contributed by atoms with van der Waals surface area (Å²) in [5, 5.41) is 0. The van der Waals surface area contributed by atoms with Crippen LogP contribution in [0.3, 0.4) is 0 Å². The van der Waals surface area contributed by atoms with Crippen LogP contribution in [0.4, 0.5) is 0 Å². The smallest absolute Gasteiger partial charge is 0.181 e. The Morgan fingerprint density at radius 2 is 2.38 bits per heavy atom. The molecule has 1 unspecified atom stereocenters. The van der Waals surface area contributed by atoms with Crippen molar-refractivity contribution >= 4 is 0 Å². The van der Waals surface area contributed by atoms with Crippen molar-refractivity contribution < 1.29 is 9.57 Å². The maximum atomic E-state index is 5.08. The first-order valence-electron chi connectivity index (χ1n) is 2.81. The maximum Gasteiger partial charge on any atom is 0.181 e. The molecule has 48 valence electrons. The van der Waals surface area contributed by atoms with Gasteiger partial charge < -0.3 is 4.74 Å². The molecule has 1 atom stereocenters. The first-order chi connectivity index (χ1) is 3.80. The van der Waals surface area contributed by atoms with Crippen molar-refractivity contribution in [2.75, 3.05) is 6.73 Å². The van der Waals surface area contributed by atoms with E-state index in [0.717, 1.165) is 0 Å². The molecular formula is C5H11NO2. The molecule has 1 rings (SSSR count). The molecule has 3 nitrogen and oxygen atoms in total. The Morgan fingerprint density at radius 1 is 1.62 bits per heavy atom. The fraction of sp³-hybridized carbons (Fsp3) is 1.00. The van der Waals surface area contributed by atoms with E-state index in [0.29, 0.717) is 12.6 Å². The molecule has 1 fully saturated rings. The summed E-state index contributed by atoms with van der Waals surface area (Å²) in [7, 11) is 0. The second-order valence-corrected chi connectivity index (χ2v) is 2.19. The van der Waals surface area contributed by atoms with Gasteiger partial charge in [0.15, 0.2) is 6.29 Å². The van der Waals surface area contributed by atoms with E-state index in [1.165, 1.54) is 0 Å². The Morgan fingerprint density at radius 3 is 2.62 bits per heavy atom. The molecule has 1 N–H and O–H groups in total. The van der Waals surface area contributed by atoms with E-state index in [1.54, 1.807) is 0 Å². The lowest BCUT2D eigenvalue weighted by atomic mass is 10.2. The van der Waals surface area contributed by atoms with Crippen LogP contribution >= 0.6 is 0 Å². The second-order valence-electron chi connectivity index (χ2n) is 2.19. The van der Waals surface area contributed by atoms with E-state index in [9.17, 15) is 0 Å². The van der Waals surface area contributed by atoms with Crippen LogP contribution in [0.2, 0.25) is 0 Å². The predicted octanol–water partition coefficient (Wildman–Crippen LogP) is 0.477. The van der Waals surface area contributed by atoms with E-state index in [1.807, 2.05) is 0 Å². The zero-order valence-electron chi connectivity index (χ0n) is 5.18. The molecule has 8 heavy (non-hydrogen) atoms. The van der Waals surface area contributed by atoms with E-state index in [4.69, 9.17) is 9.57 Å². The van der Waals surface area contributed by atoms with Gasteiger partial charge in [-0.3, -0.25) is 4.84 Å². The Hall–Kier alpha value is -0.120. The molecular weight excluding hydrogens is 106 g/mol. The monoisotopic (exact) mass is 117 g/mol. The van der Waals surface area contributed by atoms with Crippen LogP contribution in [0.1, 0.15) is 13.8 Å². The molecule has 1 aliphatic heterocycles. The largest absolute Gasteiger partial charge is 0.333 e. The van der Waals surface area contributed by atoms with Gasteiger partial charge in [-0.1, -0.05) is 13.8 Å². The minimum atomic E-state index is -0.0463. The van der Waals surface area contributed by atoms with Crippen LogP contribution in [0.5, 0.6) is 0 Å². The molecule has 0 radical (unpaired) electrons. The number of hydrogen-bond acceptors (Lipinski definition) is 3. The summed E-state index contributed by atoms with van der Waals surface area (Å²) in [6, 6.07) is 0. The molecule has 0 saturated carbocycles. The average molecular weight is 117 g/mol. The standard InChI is InChI=1S/C5H11NO2/c1-4(2)5-7-3-6-8-5/h4-6H,3H2,1-2H3. The summed E-state index contributed by atoms with van der Waals surface area (Å²) in [5.74, 6) is 0.435. The van der Waals surface area contributed by atoms with Crippen LogP contribution in [0.15, 0.2) is 0 Å². The van der Waals surface area contributed by atoms with Crippen molar-refractivity contribution in [2.45, 2.75) is 20.1 Å². The fourth-order valence-electron chi connectivity index (χ4n) is 0.595. The Bertz CT molecular complexity index is 68.8. The third-order valence-electron chi connectivity index (χ3n) is 1.05. The summed E-state index contributed by atoms with van der Waals surface area (Å²) in [6.07, 6.45) is -0.0463. The number of ether oxygens (including phenoxy) is 1. The van der Waals surface area contributed by atoms with Crippen LogP contribution in [-0.2, 0) is 9.57 Å². The second kappa shape index (κ2) is 2.44. The lowest BCUT2D eigenvalue weighted by Crippen LogP contribution is -2.16. The highest BCUT2D eigenvalue weighted by molar-refractivity contribution is 4.50. The Balaban J connectivity index is 2.24. The highest BCUT2D eigenvalue weighted by Gasteiger charge is 2.18. The maximum absolute atomic E-state index is 5.08. The predicted molar refractivity (Wildman–Crippen MR) is 28.8 cm³/mol. The number of hydrogen-bond donors (Lipinski definition) is 1. The fourth-order valence-corrected chi connectivity index (χ4v) is 0.595. The van der Waals surface area contributed by atoms with E-state index in [-0.39, 0.29) is 6.29 Å². The molecule has 1 saturated heterocycles. The summed E-state index contributed by atoms with van der Waals surface area (Å²) in [5.41, 5.74) is 2.63. The van der Waals surface area contributed by atoms with E-state index >= 15 is 0 Å². The quantitative estimate of drug-likeness (QED) is 0.541. The summed E-state index contributed by atoms with van der Waals surface area (Å²) in [4.78, 5) is 4.94. The van der Waals surface area contributed by atoms with Crippen molar-refractivity contribution in [1.82, 2.24) is 5.48 Å².